The summed E-state index contributed by atoms with van der Waals surface area (Å²) in [7, 11) is 0. The summed E-state index contributed by atoms with van der Waals surface area (Å²) in [6.45, 7) is 0.615. The fourth-order valence-corrected chi connectivity index (χ4v) is 2.80. The summed E-state index contributed by atoms with van der Waals surface area (Å²) in [5.74, 6) is 0. The van der Waals surface area contributed by atoms with Crippen molar-refractivity contribution in [3.8, 4) is 0 Å². The predicted octanol–water partition coefficient (Wildman–Crippen LogP) is 3.79. The third kappa shape index (κ3) is 2.39. The number of aromatic nitrogens is 1. The van der Waals surface area contributed by atoms with Crippen LogP contribution in [0.15, 0.2) is 24.3 Å². The van der Waals surface area contributed by atoms with Crippen molar-refractivity contribution in [2.45, 2.75) is 38.3 Å². The molecule has 1 aliphatic rings. The zero-order valence-electron chi connectivity index (χ0n) is 10.2. The number of H-pyrrole nitrogens is 1. The second kappa shape index (κ2) is 5.31. The van der Waals surface area contributed by atoms with Gasteiger partial charge in [-0.25, -0.2) is 0 Å². The fourth-order valence-electron chi connectivity index (χ4n) is 2.52. The van der Waals surface area contributed by atoms with Gasteiger partial charge in [0, 0.05) is 10.9 Å². The van der Waals surface area contributed by atoms with Crippen LogP contribution < -0.4 is 5.48 Å². The summed E-state index contributed by atoms with van der Waals surface area (Å²) in [6, 6.07) is 8.05. The minimum atomic E-state index is 0.369. The second-order valence-electron chi connectivity index (χ2n) is 4.81. The van der Waals surface area contributed by atoms with E-state index in [1.165, 1.54) is 12.8 Å². The lowest BCUT2D eigenvalue weighted by molar-refractivity contribution is -0.0248. The Labute approximate surface area is 111 Å². The molecule has 1 saturated carbocycles. The van der Waals surface area contributed by atoms with Gasteiger partial charge in [-0.05, 0) is 18.9 Å². The minimum absolute atomic E-state index is 0.369. The molecule has 0 spiro atoms. The van der Waals surface area contributed by atoms with E-state index in [0.717, 1.165) is 34.5 Å². The topological polar surface area (TPSA) is 37.0 Å². The van der Waals surface area contributed by atoms with Crippen molar-refractivity contribution in [2.75, 3.05) is 0 Å². The molecule has 1 heterocycles. The van der Waals surface area contributed by atoms with E-state index >= 15 is 0 Å². The van der Waals surface area contributed by atoms with Crippen molar-refractivity contribution in [1.29, 1.82) is 0 Å². The molecule has 96 valence electrons. The summed E-state index contributed by atoms with van der Waals surface area (Å²) in [5.41, 5.74) is 5.08. The smallest absolute Gasteiger partial charge is 0.0790 e. The molecule has 0 saturated heterocycles. The number of nitrogens with one attached hydrogen (secondary N) is 2. The summed E-state index contributed by atoms with van der Waals surface area (Å²) >= 11 is 6.33. The second-order valence-corrected chi connectivity index (χ2v) is 5.19. The monoisotopic (exact) mass is 264 g/mol. The molecule has 2 N–H and O–H groups in total. The summed E-state index contributed by atoms with van der Waals surface area (Å²) in [4.78, 5) is 8.94. The van der Waals surface area contributed by atoms with Crippen LogP contribution in [0.4, 0.5) is 0 Å². The SMILES string of the molecule is Clc1c(CNOC2CCCC2)[nH]c2ccccc12. The molecule has 3 rings (SSSR count). The normalized spacial score (nSPS) is 16.7. The molecule has 0 unspecified atom stereocenters. The number of aromatic amines is 1. The van der Waals surface area contributed by atoms with Crippen LogP contribution in [-0.4, -0.2) is 11.1 Å². The van der Waals surface area contributed by atoms with Crippen molar-refractivity contribution in [3.63, 3.8) is 0 Å². The van der Waals surface area contributed by atoms with E-state index in [2.05, 4.69) is 10.5 Å². The highest BCUT2D eigenvalue weighted by Gasteiger charge is 2.16. The first kappa shape index (κ1) is 12.0. The van der Waals surface area contributed by atoms with Gasteiger partial charge in [0.2, 0.25) is 0 Å². The van der Waals surface area contributed by atoms with Crippen LogP contribution in [0.1, 0.15) is 31.4 Å². The van der Waals surface area contributed by atoms with Crippen LogP contribution in [-0.2, 0) is 11.4 Å². The van der Waals surface area contributed by atoms with Crippen molar-refractivity contribution < 1.29 is 4.84 Å². The van der Waals surface area contributed by atoms with E-state index in [4.69, 9.17) is 16.4 Å². The largest absolute Gasteiger partial charge is 0.356 e. The number of halogens is 1. The Bertz CT molecular complexity index is 532. The first-order valence-electron chi connectivity index (χ1n) is 6.48. The molecule has 4 heteroatoms. The highest BCUT2D eigenvalue weighted by molar-refractivity contribution is 6.36. The molecule has 3 nitrogen and oxygen atoms in total. The van der Waals surface area contributed by atoms with E-state index < -0.39 is 0 Å². The van der Waals surface area contributed by atoms with E-state index in [9.17, 15) is 0 Å². The molecule has 0 amide bonds. The molecular formula is C14H17ClN2O. The lowest BCUT2D eigenvalue weighted by atomic mass is 10.2. The summed E-state index contributed by atoms with van der Waals surface area (Å²) < 4.78 is 0. The van der Waals surface area contributed by atoms with E-state index in [0.29, 0.717) is 12.6 Å². The zero-order chi connectivity index (χ0) is 12.4. The lowest BCUT2D eigenvalue weighted by Crippen LogP contribution is -2.21. The Morgan fingerprint density at radius 2 is 2.06 bits per heavy atom. The minimum Gasteiger partial charge on any atom is -0.356 e. The fraction of sp³-hybridized carbons (Fsp3) is 0.429. The first-order chi connectivity index (χ1) is 8.84. The Hall–Kier alpha value is -1.03. The van der Waals surface area contributed by atoms with Gasteiger partial charge in [0.15, 0.2) is 0 Å². The molecule has 1 aromatic heterocycles. The number of hydrogen-bond acceptors (Lipinski definition) is 2. The van der Waals surface area contributed by atoms with Gasteiger partial charge in [0.1, 0.15) is 0 Å². The number of hydrogen-bond donors (Lipinski definition) is 2. The third-order valence-corrected chi connectivity index (χ3v) is 3.95. The van der Waals surface area contributed by atoms with Crippen LogP contribution in [0.2, 0.25) is 5.02 Å². The lowest BCUT2D eigenvalue weighted by Gasteiger charge is -2.10. The van der Waals surface area contributed by atoms with Crippen molar-refractivity contribution in [3.05, 3.63) is 35.0 Å². The number of para-hydroxylation sites is 1. The standard InChI is InChI=1S/C14H17ClN2O/c15-14-11-7-3-4-8-12(11)17-13(14)9-16-18-10-5-1-2-6-10/h3-4,7-8,10,16-17H,1-2,5-6,9H2. The van der Waals surface area contributed by atoms with Gasteiger partial charge >= 0.3 is 0 Å². The van der Waals surface area contributed by atoms with Crippen LogP contribution >= 0.6 is 11.6 Å². The van der Waals surface area contributed by atoms with E-state index in [1.807, 2.05) is 24.3 Å². The summed E-state index contributed by atoms with van der Waals surface area (Å²) in [6.07, 6.45) is 5.24. The number of hydroxylamine groups is 1. The Kier molecular flexibility index (Phi) is 3.55. The molecule has 0 aliphatic heterocycles. The molecule has 18 heavy (non-hydrogen) atoms. The van der Waals surface area contributed by atoms with E-state index in [-0.39, 0.29) is 0 Å². The average molecular weight is 265 g/mol. The quantitative estimate of drug-likeness (QED) is 0.825. The van der Waals surface area contributed by atoms with Crippen molar-refractivity contribution in [1.82, 2.24) is 10.5 Å². The molecule has 0 radical (unpaired) electrons. The Morgan fingerprint density at radius 1 is 1.28 bits per heavy atom. The Balaban J connectivity index is 1.65. The molecule has 1 aliphatic carbocycles. The van der Waals surface area contributed by atoms with Gasteiger partial charge in [0.25, 0.3) is 0 Å². The number of benzene rings is 1. The molecule has 0 bridgehead atoms. The molecule has 1 fully saturated rings. The van der Waals surface area contributed by atoms with Crippen LogP contribution in [0.5, 0.6) is 0 Å². The van der Waals surface area contributed by atoms with Crippen LogP contribution in [0, 0.1) is 0 Å². The van der Waals surface area contributed by atoms with Gasteiger partial charge in [-0.2, -0.15) is 5.48 Å². The zero-order valence-corrected chi connectivity index (χ0v) is 11.0. The highest BCUT2D eigenvalue weighted by Crippen LogP contribution is 2.27. The van der Waals surface area contributed by atoms with Gasteiger partial charge in [-0.3, -0.25) is 4.84 Å². The third-order valence-electron chi connectivity index (χ3n) is 3.52. The van der Waals surface area contributed by atoms with Gasteiger partial charge in [0.05, 0.1) is 23.4 Å². The molecule has 1 aromatic carbocycles. The Morgan fingerprint density at radius 3 is 2.83 bits per heavy atom. The van der Waals surface area contributed by atoms with Gasteiger partial charge in [-0.1, -0.05) is 42.6 Å². The van der Waals surface area contributed by atoms with Crippen LogP contribution in [0.25, 0.3) is 10.9 Å². The van der Waals surface area contributed by atoms with Crippen molar-refractivity contribution in [2.24, 2.45) is 0 Å². The maximum atomic E-state index is 6.33. The first-order valence-corrected chi connectivity index (χ1v) is 6.86. The van der Waals surface area contributed by atoms with Crippen molar-refractivity contribution >= 4 is 22.5 Å². The van der Waals surface area contributed by atoms with Gasteiger partial charge in [-0.15, -0.1) is 0 Å². The molecule has 0 atom stereocenters. The van der Waals surface area contributed by atoms with Gasteiger partial charge < -0.3 is 4.98 Å². The van der Waals surface area contributed by atoms with E-state index in [1.54, 1.807) is 0 Å². The maximum absolute atomic E-state index is 6.33. The molecule has 2 aromatic rings. The number of fused-ring (bicyclic) bond motifs is 1. The average Bonchev–Trinajstić information content (AvgIpc) is 3.00. The summed E-state index contributed by atoms with van der Waals surface area (Å²) in [5, 5.41) is 1.85. The molecular weight excluding hydrogens is 248 g/mol. The predicted molar refractivity (Wildman–Crippen MR) is 73.5 cm³/mol. The highest BCUT2D eigenvalue weighted by atomic mass is 35.5. The maximum Gasteiger partial charge on any atom is 0.0790 e. The number of rotatable bonds is 4. The van der Waals surface area contributed by atoms with Crippen LogP contribution in [0.3, 0.4) is 0 Å².